The molecule has 198 valence electrons. The third-order valence-corrected chi connectivity index (χ3v) is 7.37. The summed E-state index contributed by atoms with van der Waals surface area (Å²) < 4.78 is 9.07. The van der Waals surface area contributed by atoms with Gasteiger partial charge in [0.15, 0.2) is 0 Å². The number of para-hydroxylation sites is 1. The molecular formula is C29H38N4O4. The van der Waals surface area contributed by atoms with Crippen LogP contribution < -0.4 is 16.2 Å². The van der Waals surface area contributed by atoms with Crippen molar-refractivity contribution in [1.29, 1.82) is 0 Å². The Kier molecular flexibility index (Phi) is 8.69. The van der Waals surface area contributed by atoms with Gasteiger partial charge in [0.25, 0.3) is 0 Å². The molecule has 1 aliphatic rings. The second-order valence-corrected chi connectivity index (χ2v) is 10.2. The molecule has 0 radical (unpaired) electrons. The van der Waals surface area contributed by atoms with Gasteiger partial charge in [0.05, 0.1) is 24.2 Å². The van der Waals surface area contributed by atoms with Gasteiger partial charge in [-0.25, -0.2) is 4.79 Å². The van der Waals surface area contributed by atoms with Gasteiger partial charge >= 0.3 is 5.69 Å². The van der Waals surface area contributed by atoms with Crippen molar-refractivity contribution >= 4 is 22.8 Å². The Labute approximate surface area is 218 Å². The highest BCUT2D eigenvalue weighted by molar-refractivity contribution is 5.85. The molecule has 37 heavy (non-hydrogen) atoms. The van der Waals surface area contributed by atoms with Crippen LogP contribution in [-0.4, -0.2) is 45.5 Å². The summed E-state index contributed by atoms with van der Waals surface area (Å²) in [5, 5.41) is 0. The summed E-state index contributed by atoms with van der Waals surface area (Å²) in [5.74, 6) is 0.367. The molecule has 8 heteroatoms. The zero-order valence-corrected chi connectivity index (χ0v) is 21.9. The number of aromatic nitrogens is 2. The third kappa shape index (κ3) is 6.61. The highest BCUT2D eigenvalue weighted by Crippen LogP contribution is 2.25. The molecule has 1 aromatic heterocycles. The van der Waals surface area contributed by atoms with Gasteiger partial charge in [0, 0.05) is 13.1 Å². The molecule has 0 bridgehead atoms. The number of nitrogens with two attached hydrogens (primary N) is 1. The van der Waals surface area contributed by atoms with E-state index in [0.717, 1.165) is 53.6 Å². The molecule has 1 aliphatic carbocycles. The Morgan fingerprint density at radius 3 is 2.30 bits per heavy atom. The van der Waals surface area contributed by atoms with Gasteiger partial charge in [0.2, 0.25) is 11.8 Å². The lowest BCUT2D eigenvalue weighted by Crippen LogP contribution is -2.44. The molecule has 2 amide bonds. The number of hydrogen-bond acceptors (Lipinski definition) is 4. The van der Waals surface area contributed by atoms with E-state index in [1.807, 2.05) is 56.3 Å². The highest BCUT2D eigenvalue weighted by Gasteiger charge is 2.24. The van der Waals surface area contributed by atoms with E-state index in [2.05, 4.69) is 0 Å². The average Bonchev–Trinajstić information content (AvgIpc) is 3.12. The van der Waals surface area contributed by atoms with Crippen molar-refractivity contribution in [3.63, 3.8) is 0 Å². The Balaban J connectivity index is 1.55. The maximum Gasteiger partial charge on any atom is 0.329 e. The molecule has 2 N–H and O–H groups in total. The van der Waals surface area contributed by atoms with Crippen LogP contribution in [0.5, 0.6) is 5.75 Å². The normalized spacial score (nSPS) is 14.1. The topological polar surface area (TPSA) is 99.6 Å². The zero-order chi connectivity index (χ0) is 26.4. The molecule has 1 saturated carbocycles. The fourth-order valence-corrected chi connectivity index (χ4v) is 5.23. The van der Waals surface area contributed by atoms with Gasteiger partial charge < -0.3 is 15.4 Å². The van der Waals surface area contributed by atoms with Gasteiger partial charge in [-0.1, -0.05) is 37.5 Å². The summed E-state index contributed by atoms with van der Waals surface area (Å²) in [7, 11) is 0. The lowest BCUT2D eigenvalue weighted by Gasteiger charge is -2.29. The minimum atomic E-state index is -0.538. The summed E-state index contributed by atoms with van der Waals surface area (Å²) in [6.07, 6.45) is 6.23. The standard InChI is InChI=1S/C29H38N4O4/c1-21-16-25-26(17-22(21)2)33(29(36)32(25)14-9-15-37-24-12-7-4-8-13-24)20-28(35)31(19-27(30)34)18-23-10-5-3-6-11-23/h4,7-8,12-13,16-17,23H,3,5-6,9-11,14-15,18-20H2,1-2H3,(H2,30,34). The molecule has 2 aromatic carbocycles. The number of carbonyl (C=O) groups is 2. The van der Waals surface area contributed by atoms with Gasteiger partial charge in [0.1, 0.15) is 12.3 Å². The molecule has 0 saturated heterocycles. The molecule has 0 spiro atoms. The van der Waals surface area contributed by atoms with Crippen molar-refractivity contribution in [2.75, 3.05) is 19.7 Å². The van der Waals surface area contributed by atoms with Crippen LogP contribution in [-0.2, 0) is 22.7 Å². The van der Waals surface area contributed by atoms with E-state index < -0.39 is 5.91 Å². The second-order valence-electron chi connectivity index (χ2n) is 10.2. The van der Waals surface area contributed by atoms with Crippen LogP contribution in [0.25, 0.3) is 11.0 Å². The molecule has 3 aromatic rings. The largest absolute Gasteiger partial charge is 0.494 e. The third-order valence-electron chi connectivity index (χ3n) is 7.37. The molecule has 0 aliphatic heterocycles. The molecule has 8 nitrogen and oxygen atoms in total. The number of nitrogens with zero attached hydrogens (tertiary/aromatic N) is 3. The van der Waals surface area contributed by atoms with Crippen LogP contribution in [0.4, 0.5) is 0 Å². The summed E-state index contributed by atoms with van der Waals surface area (Å²) >= 11 is 0. The Hall–Kier alpha value is -3.55. The summed E-state index contributed by atoms with van der Waals surface area (Å²) in [6.45, 7) is 5.22. The first-order valence-corrected chi connectivity index (χ1v) is 13.3. The number of imidazole rings is 1. The Bertz CT molecular complexity index is 1290. The molecular weight excluding hydrogens is 468 g/mol. The van der Waals surface area contributed by atoms with Gasteiger partial charge in [-0.3, -0.25) is 18.7 Å². The summed E-state index contributed by atoms with van der Waals surface area (Å²) in [6, 6.07) is 13.6. The van der Waals surface area contributed by atoms with Crippen LogP contribution in [0.3, 0.4) is 0 Å². The molecule has 1 fully saturated rings. The van der Waals surface area contributed by atoms with Crippen LogP contribution in [0.15, 0.2) is 47.3 Å². The van der Waals surface area contributed by atoms with Crippen LogP contribution >= 0.6 is 0 Å². The summed E-state index contributed by atoms with van der Waals surface area (Å²) in [4.78, 5) is 40.3. The Morgan fingerprint density at radius 1 is 1.00 bits per heavy atom. The van der Waals surface area contributed by atoms with E-state index in [0.29, 0.717) is 32.0 Å². The first-order chi connectivity index (χ1) is 17.8. The fraction of sp³-hybridized carbons (Fsp3) is 0.483. The fourth-order valence-electron chi connectivity index (χ4n) is 5.23. The number of ether oxygens (including phenoxy) is 1. The number of benzene rings is 2. The molecule has 0 atom stereocenters. The number of primary amides is 1. The average molecular weight is 507 g/mol. The van der Waals surface area contributed by atoms with Crippen molar-refractivity contribution < 1.29 is 14.3 Å². The maximum atomic E-state index is 13.6. The number of amides is 2. The van der Waals surface area contributed by atoms with E-state index >= 15 is 0 Å². The number of rotatable bonds is 11. The smallest absolute Gasteiger partial charge is 0.329 e. The summed E-state index contributed by atoms with van der Waals surface area (Å²) in [5.41, 5.74) is 8.91. The second kappa shape index (κ2) is 12.1. The van der Waals surface area contributed by atoms with Gasteiger partial charge in [-0.2, -0.15) is 0 Å². The number of aryl methyl sites for hydroxylation is 3. The predicted octanol–water partition coefficient (Wildman–Crippen LogP) is 3.78. The van der Waals surface area contributed by atoms with E-state index in [1.54, 1.807) is 9.47 Å². The number of carbonyl (C=O) groups excluding carboxylic acids is 2. The van der Waals surface area contributed by atoms with Gasteiger partial charge in [-0.15, -0.1) is 0 Å². The predicted molar refractivity (Wildman–Crippen MR) is 145 cm³/mol. The highest BCUT2D eigenvalue weighted by atomic mass is 16.5. The van der Waals surface area contributed by atoms with E-state index in [1.165, 1.54) is 11.0 Å². The van der Waals surface area contributed by atoms with Crippen molar-refractivity contribution in [3.05, 3.63) is 64.1 Å². The van der Waals surface area contributed by atoms with E-state index in [4.69, 9.17) is 10.5 Å². The van der Waals surface area contributed by atoms with Crippen LogP contribution in [0.1, 0.15) is 49.7 Å². The van der Waals surface area contributed by atoms with Gasteiger partial charge in [-0.05, 0) is 74.4 Å². The van der Waals surface area contributed by atoms with Crippen molar-refractivity contribution in [3.8, 4) is 5.75 Å². The molecule has 1 heterocycles. The monoisotopic (exact) mass is 506 g/mol. The van der Waals surface area contributed by atoms with E-state index in [9.17, 15) is 14.4 Å². The number of hydrogen-bond donors (Lipinski definition) is 1. The van der Waals surface area contributed by atoms with Crippen LogP contribution in [0, 0.1) is 19.8 Å². The van der Waals surface area contributed by atoms with Crippen molar-refractivity contribution in [1.82, 2.24) is 14.0 Å². The first kappa shape index (κ1) is 26.5. The minimum absolute atomic E-state index is 0.120. The lowest BCUT2D eigenvalue weighted by molar-refractivity contribution is -0.136. The van der Waals surface area contributed by atoms with E-state index in [-0.39, 0.29) is 24.7 Å². The lowest BCUT2D eigenvalue weighted by atomic mass is 9.89. The number of fused-ring (bicyclic) bond motifs is 1. The Morgan fingerprint density at radius 2 is 1.65 bits per heavy atom. The molecule has 4 rings (SSSR count). The SMILES string of the molecule is Cc1cc2c(cc1C)n(CC(=O)N(CC(N)=O)CC1CCCCC1)c(=O)n2CCCOc1ccccc1. The first-order valence-electron chi connectivity index (χ1n) is 13.3. The minimum Gasteiger partial charge on any atom is -0.494 e. The zero-order valence-electron chi connectivity index (χ0n) is 21.9. The molecule has 0 unspecified atom stereocenters. The van der Waals surface area contributed by atoms with Crippen LogP contribution in [0.2, 0.25) is 0 Å². The van der Waals surface area contributed by atoms with Crippen molar-refractivity contribution in [2.45, 2.75) is 65.5 Å². The maximum absolute atomic E-state index is 13.6. The quantitative estimate of drug-likeness (QED) is 0.400. The van der Waals surface area contributed by atoms with Crippen molar-refractivity contribution in [2.24, 2.45) is 11.7 Å².